The van der Waals surface area contributed by atoms with E-state index in [1.54, 1.807) is 0 Å². The number of rotatable bonds is 2. The topological polar surface area (TPSA) is 49.0 Å². The molecule has 0 atom stereocenters. The highest BCUT2D eigenvalue weighted by molar-refractivity contribution is 6.31. The average molecular weight is 476 g/mol. The van der Waals surface area contributed by atoms with Crippen LogP contribution in [0.2, 0.25) is 5.02 Å². The van der Waals surface area contributed by atoms with Gasteiger partial charge in [-0.3, -0.25) is 4.79 Å². The Labute approximate surface area is 182 Å². The smallest absolute Gasteiger partial charge is 0.356 e. The first kappa shape index (κ1) is 22.4. The molecule has 1 N–H and O–H groups in total. The van der Waals surface area contributed by atoms with Gasteiger partial charge in [0.15, 0.2) is 11.1 Å². The lowest BCUT2D eigenvalue weighted by Gasteiger charge is -2.26. The third-order valence-electron chi connectivity index (χ3n) is 5.35. The number of nitrogens with zero attached hydrogens (tertiary/aromatic N) is 2. The zero-order chi connectivity index (χ0) is 23.3. The minimum atomic E-state index is -4.89. The fourth-order valence-electron chi connectivity index (χ4n) is 3.77. The largest absolute Gasteiger partial charge is 0.434 e. The van der Waals surface area contributed by atoms with Crippen molar-refractivity contribution in [2.45, 2.75) is 31.4 Å². The number of aromatic nitrogens is 2. The Balaban J connectivity index is 1.94. The number of benzene rings is 1. The Kier molecular flexibility index (Phi) is 5.60. The van der Waals surface area contributed by atoms with Crippen molar-refractivity contribution < 1.29 is 26.3 Å². The van der Waals surface area contributed by atoms with Gasteiger partial charge in [0, 0.05) is 42.9 Å². The molecule has 0 radical (unpaired) electrons. The maximum atomic E-state index is 14.3. The quantitative estimate of drug-likeness (QED) is 0.461. The van der Waals surface area contributed by atoms with E-state index in [1.807, 2.05) is 0 Å². The number of para-hydroxylation sites is 1. The van der Waals surface area contributed by atoms with Crippen molar-refractivity contribution in [2.24, 2.45) is 0 Å². The van der Waals surface area contributed by atoms with Crippen LogP contribution in [0.3, 0.4) is 0 Å². The molecule has 0 saturated carbocycles. The maximum Gasteiger partial charge on any atom is 0.434 e. The van der Waals surface area contributed by atoms with Gasteiger partial charge in [-0.15, -0.1) is 0 Å². The Morgan fingerprint density at radius 2 is 1.88 bits per heavy atom. The van der Waals surface area contributed by atoms with E-state index in [0.29, 0.717) is 0 Å². The summed E-state index contributed by atoms with van der Waals surface area (Å²) in [6.07, 6.45) is -5.83. The van der Waals surface area contributed by atoms with Crippen molar-refractivity contribution in [3.8, 4) is 11.3 Å². The van der Waals surface area contributed by atoms with E-state index in [1.165, 1.54) is 17.0 Å². The second kappa shape index (κ2) is 7.99. The molecule has 4 rings (SSSR count). The normalized spacial score (nSPS) is 16.9. The minimum absolute atomic E-state index is 0.0181. The molecule has 0 aliphatic carbocycles. The lowest BCUT2D eigenvalue weighted by molar-refractivity contribution is -0.141. The van der Waals surface area contributed by atoms with E-state index < -0.39 is 46.9 Å². The van der Waals surface area contributed by atoms with Crippen LogP contribution in [0.4, 0.5) is 32.2 Å². The number of H-pyrrole nitrogens is 1. The maximum absolute atomic E-state index is 14.3. The highest BCUT2D eigenvalue weighted by Gasteiger charge is 2.38. The number of pyridine rings is 2. The highest BCUT2D eigenvalue weighted by Crippen LogP contribution is 2.40. The van der Waals surface area contributed by atoms with Crippen LogP contribution in [0.15, 0.2) is 35.1 Å². The van der Waals surface area contributed by atoms with Gasteiger partial charge in [-0.25, -0.2) is 18.2 Å². The van der Waals surface area contributed by atoms with Crippen LogP contribution in [0.25, 0.3) is 22.2 Å². The minimum Gasteiger partial charge on any atom is -0.356 e. The summed E-state index contributed by atoms with van der Waals surface area (Å²) in [6, 6.07) is 5.94. The fraction of sp³-hybridized carbons (Fsp3) is 0.333. The predicted molar refractivity (Wildman–Crippen MR) is 109 cm³/mol. The van der Waals surface area contributed by atoms with Gasteiger partial charge in [-0.2, -0.15) is 13.2 Å². The predicted octanol–water partition coefficient (Wildman–Crippen LogP) is 6.03. The lowest BCUT2D eigenvalue weighted by Crippen LogP contribution is -2.28. The van der Waals surface area contributed by atoms with Gasteiger partial charge < -0.3 is 9.88 Å². The number of nitrogens with one attached hydrogen (secondary N) is 1. The highest BCUT2D eigenvalue weighted by atomic mass is 35.5. The van der Waals surface area contributed by atoms with Crippen LogP contribution in [0.1, 0.15) is 25.0 Å². The lowest BCUT2D eigenvalue weighted by atomic mass is 10.1. The Hall–Kier alpha value is -2.75. The van der Waals surface area contributed by atoms with Crippen molar-refractivity contribution in [1.29, 1.82) is 0 Å². The molecule has 32 heavy (non-hydrogen) atoms. The molecule has 1 aromatic carbocycles. The van der Waals surface area contributed by atoms with E-state index in [2.05, 4.69) is 9.97 Å². The molecule has 11 heteroatoms. The SMILES string of the molecule is O=c1cc(-c2cc(Cl)c(C(F)(F)F)nc2N2CCCC(F)(F)CC2)[nH]c2c(F)cccc12. The van der Waals surface area contributed by atoms with E-state index >= 15 is 0 Å². The number of alkyl halides is 5. The summed E-state index contributed by atoms with van der Waals surface area (Å²) in [6.45, 7) is -0.223. The molecule has 3 heterocycles. The van der Waals surface area contributed by atoms with Crippen molar-refractivity contribution in [3.63, 3.8) is 0 Å². The molecule has 1 aliphatic rings. The molecule has 0 bridgehead atoms. The molecule has 1 saturated heterocycles. The zero-order valence-corrected chi connectivity index (χ0v) is 17.1. The third-order valence-corrected chi connectivity index (χ3v) is 5.63. The Morgan fingerprint density at radius 1 is 1.12 bits per heavy atom. The van der Waals surface area contributed by atoms with Crippen LogP contribution >= 0.6 is 11.6 Å². The van der Waals surface area contributed by atoms with Crippen LogP contribution in [-0.4, -0.2) is 29.0 Å². The summed E-state index contributed by atoms with van der Waals surface area (Å²) >= 11 is 5.85. The number of aromatic amines is 1. The standard InChI is InChI=1S/C21H16ClF6N3O/c22-13-9-12(15-10-16(32)11-3-1-4-14(23)17(11)29-15)19(30-18(13)21(26,27)28)31-7-2-5-20(24,25)6-8-31/h1,3-4,9-10H,2,5-8H2,(H,29,32). The van der Waals surface area contributed by atoms with Crippen LogP contribution in [0.5, 0.6) is 0 Å². The zero-order valence-electron chi connectivity index (χ0n) is 16.4. The molecule has 170 valence electrons. The van der Waals surface area contributed by atoms with E-state index in [4.69, 9.17) is 11.6 Å². The number of hydrogen-bond donors (Lipinski definition) is 1. The van der Waals surface area contributed by atoms with Crippen LogP contribution < -0.4 is 10.3 Å². The molecule has 2 aromatic heterocycles. The molecule has 1 aliphatic heterocycles. The third kappa shape index (κ3) is 4.28. The second-order valence-electron chi connectivity index (χ2n) is 7.59. The first-order chi connectivity index (χ1) is 15.0. The number of anilines is 1. The molecular weight excluding hydrogens is 460 g/mol. The molecule has 0 spiro atoms. The molecular formula is C21H16ClF6N3O. The van der Waals surface area contributed by atoms with Crippen molar-refractivity contribution in [3.05, 3.63) is 57.1 Å². The molecule has 0 unspecified atom stereocenters. The van der Waals surface area contributed by atoms with Gasteiger partial charge in [0.25, 0.3) is 0 Å². The van der Waals surface area contributed by atoms with Gasteiger partial charge in [0.1, 0.15) is 11.6 Å². The fourth-order valence-corrected chi connectivity index (χ4v) is 4.03. The van der Waals surface area contributed by atoms with Gasteiger partial charge in [-0.05, 0) is 24.6 Å². The van der Waals surface area contributed by atoms with Gasteiger partial charge in [0.05, 0.1) is 16.2 Å². The summed E-state index contributed by atoms with van der Waals surface area (Å²) < 4.78 is 82.4. The van der Waals surface area contributed by atoms with E-state index in [-0.39, 0.29) is 47.5 Å². The van der Waals surface area contributed by atoms with E-state index in [0.717, 1.165) is 18.2 Å². The number of halogens is 7. The molecule has 4 nitrogen and oxygen atoms in total. The summed E-state index contributed by atoms with van der Waals surface area (Å²) in [5, 5.41) is -0.679. The van der Waals surface area contributed by atoms with Gasteiger partial charge >= 0.3 is 6.18 Å². The van der Waals surface area contributed by atoms with Crippen LogP contribution in [0, 0.1) is 5.82 Å². The summed E-state index contributed by atoms with van der Waals surface area (Å²) in [5.74, 6) is -3.94. The number of fused-ring (bicyclic) bond motifs is 1. The van der Waals surface area contributed by atoms with Crippen molar-refractivity contribution in [1.82, 2.24) is 9.97 Å². The second-order valence-corrected chi connectivity index (χ2v) is 8.00. The number of hydrogen-bond acceptors (Lipinski definition) is 3. The Morgan fingerprint density at radius 3 is 2.59 bits per heavy atom. The van der Waals surface area contributed by atoms with Crippen molar-refractivity contribution in [2.75, 3.05) is 18.0 Å². The average Bonchev–Trinajstić information content (AvgIpc) is 2.88. The summed E-state index contributed by atoms with van der Waals surface area (Å²) in [7, 11) is 0. The molecule has 1 fully saturated rings. The Bertz CT molecular complexity index is 1240. The van der Waals surface area contributed by atoms with Crippen molar-refractivity contribution >= 4 is 28.3 Å². The van der Waals surface area contributed by atoms with E-state index in [9.17, 15) is 31.1 Å². The van der Waals surface area contributed by atoms with Gasteiger partial charge in [-0.1, -0.05) is 17.7 Å². The first-order valence-corrected chi connectivity index (χ1v) is 10.1. The monoisotopic (exact) mass is 475 g/mol. The molecule has 3 aromatic rings. The molecule has 0 amide bonds. The first-order valence-electron chi connectivity index (χ1n) is 9.69. The van der Waals surface area contributed by atoms with Gasteiger partial charge in [0.2, 0.25) is 5.92 Å². The summed E-state index contributed by atoms with van der Waals surface area (Å²) in [4.78, 5) is 20.2. The van der Waals surface area contributed by atoms with Crippen LogP contribution in [-0.2, 0) is 6.18 Å². The summed E-state index contributed by atoms with van der Waals surface area (Å²) in [5.41, 5.74) is -2.13.